The van der Waals surface area contributed by atoms with Crippen molar-refractivity contribution in [1.29, 1.82) is 0 Å². The second-order valence-corrected chi connectivity index (χ2v) is 6.67. The van der Waals surface area contributed by atoms with E-state index in [1.165, 1.54) is 0 Å². The lowest BCUT2D eigenvalue weighted by Crippen LogP contribution is -2.37. The number of para-hydroxylation sites is 1. The number of fused-ring (bicyclic) bond motifs is 1. The van der Waals surface area contributed by atoms with E-state index < -0.39 is 0 Å². The topological polar surface area (TPSA) is 80.3 Å². The van der Waals surface area contributed by atoms with Gasteiger partial charge < -0.3 is 19.6 Å². The molecule has 0 amide bonds. The Bertz CT molecular complexity index is 924. The third-order valence-corrected chi connectivity index (χ3v) is 4.74. The second-order valence-electron chi connectivity index (χ2n) is 6.67. The summed E-state index contributed by atoms with van der Waals surface area (Å²) in [6, 6.07) is 8.11. The molecular formula is C20H28N6O. The van der Waals surface area contributed by atoms with Gasteiger partial charge in [-0.25, -0.2) is 4.99 Å². The fourth-order valence-corrected chi connectivity index (χ4v) is 2.85. The van der Waals surface area contributed by atoms with Crippen molar-refractivity contribution in [3.63, 3.8) is 0 Å². The third kappa shape index (κ3) is 4.48. The molecule has 27 heavy (non-hydrogen) atoms. The SMILES string of the molecule is CCCCNC(=NCc1nnc(C)n1C)NCc1oc2ccccc2c1C. The van der Waals surface area contributed by atoms with Crippen molar-refractivity contribution in [1.82, 2.24) is 25.4 Å². The van der Waals surface area contributed by atoms with Gasteiger partial charge in [0, 0.05) is 24.5 Å². The molecule has 0 spiro atoms. The van der Waals surface area contributed by atoms with E-state index in [1.807, 2.05) is 36.7 Å². The maximum Gasteiger partial charge on any atom is 0.192 e. The minimum Gasteiger partial charge on any atom is -0.459 e. The van der Waals surface area contributed by atoms with E-state index in [-0.39, 0.29) is 0 Å². The van der Waals surface area contributed by atoms with Gasteiger partial charge >= 0.3 is 0 Å². The minimum absolute atomic E-state index is 0.470. The van der Waals surface area contributed by atoms with Crippen LogP contribution in [-0.4, -0.2) is 27.3 Å². The highest BCUT2D eigenvalue weighted by Crippen LogP contribution is 2.24. The summed E-state index contributed by atoms with van der Waals surface area (Å²) in [5.41, 5.74) is 2.08. The Labute approximate surface area is 159 Å². The van der Waals surface area contributed by atoms with E-state index in [9.17, 15) is 0 Å². The molecule has 2 heterocycles. The van der Waals surface area contributed by atoms with Crippen LogP contribution in [0.5, 0.6) is 0 Å². The van der Waals surface area contributed by atoms with Gasteiger partial charge in [-0.15, -0.1) is 10.2 Å². The fourth-order valence-electron chi connectivity index (χ4n) is 2.85. The van der Waals surface area contributed by atoms with Crippen molar-refractivity contribution in [2.24, 2.45) is 12.0 Å². The highest BCUT2D eigenvalue weighted by molar-refractivity contribution is 5.83. The molecule has 0 saturated heterocycles. The van der Waals surface area contributed by atoms with Gasteiger partial charge in [0.05, 0.1) is 6.54 Å². The molecule has 0 fully saturated rings. The zero-order valence-electron chi connectivity index (χ0n) is 16.5. The van der Waals surface area contributed by atoms with Gasteiger partial charge in [0.15, 0.2) is 11.8 Å². The molecule has 0 radical (unpaired) electrons. The summed E-state index contributed by atoms with van der Waals surface area (Å²) < 4.78 is 7.94. The maximum absolute atomic E-state index is 5.99. The average Bonchev–Trinajstić information content (AvgIpc) is 3.17. The first kappa shape index (κ1) is 18.9. The number of furan rings is 1. The number of guanidine groups is 1. The molecule has 0 aliphatic heterocycles. The van der Waals surface area contributed by atoms with Crippen LogP contribution in [0.1, 0.15) is 42.7 Å². The Morgan fingerprint density at radius 1 is 1.19 bits per heavy atom. The predicted octanol–water partition coefficient (Wildman–Crippen LogP) is 3.21. The summed E-state index contributed by atoms with van der Waals surface area (Å²) in [4.78, 5) is 4.67. The number of rotatable bonds is 7. The Kier molecular flexibility index (Phi) is 6.11. The normalized spacial score (nSPS) is 11.9. The molecule has 144 valence electrons. The molecule has 0 aliphatic rings. The van der Waals surface area contributed by atoms with Crippen LogP contribution in [0.3, 0.4) is 0 Å². The molecule has 3 aromatic rings. The van der Waals surface area contributed by atoms with Crippen LogP contribution < -0.4 is 10.6 Å². The zero-order chi connectivity index (χ0) is 19.2. The molecule has 0 aliphatic carbocycles. The van der Waals surface area contributed by atoms with Crippen LogP contribution in [0.25, 0.3) is 11.0 Å². The Morgan fingerprint density at radius 3 is 2.70 bits per heavy atom. The van der Waals surface area contributed by atoms with Gasteiger partial charge in [-0.05, 0) is 26.3 Å². The van der Waals surface area contributed by atoms with Crippen LogP contribution in [0, 0.1) is 13.8 Å². The smallest absolute Gasteiger partial charge is 0.192 e. The number of aryl methyl sites for hydroxylation is 2. The first-order valence-corrected chi connectivity index (χ1v) is 9.44. The van der Waals surface area contributed by atoms with Crippen LogP contribution >= 0.6 is 0 Å². The largest absolute Gasteiger partial charge is 0.459 e. The van der Waals surface area contributed by atoms with Crippen LogP contribution in [0.4, 0.5) is 0 Å². The van der Waals surface area contributed by atoms with Gasteiger partial charge in [-0.2, -0.15) is 0 Å². The average molecular weight is 368 g/mol. The van der Waals surface area contributed by atoms with Gasteiger partial charge in [0.2, 0.25) is 0 Å². The van der Waals surface area contributed by atoms with E-state index >= 15 is 0 Å². The highest BCUT2D eigenvalue weighted by atomic mass is 16.3. The van der Waals surface area contributed by atoms with Gasteiger partial charge in [0.25, 0.3) is 0 Å². The minimum atomic E-state index is 0.470. The first-order chi connectivity index (χ1) is 13.1. The third-order valence-electron chi connectivity index (χ3n) is 4.74. The van der Waals surface area contributed by atoms with Gasteiger partial charge in [-0.3, -0.25) is 0 Å². The molecule has 7 heteroatoms. The molecule has 7 nitrogen and oxygen atoms in total. The number of hydrogen-bond acceptors (Lipinski definition) is 4. The van der Waals surface area contributed by atoms with E-state index in [1.54, 1.807) is 0 Å². The fraction of sp³-hybridized carbons (Fsp3) is 0.450. The summed E-state index contributed by atoms with van der Waals surface area (Å²) in [6.07, 6.45) is 2.22. The van der Waals surface area contributed by atoms with Gasteiger partial charge in [0.1, 0.15) is 23.7 Å². The summed E-state index contributed by atoms with van der Waals surface area (Å²) in [5, 5.41) is 16.2. The van der Waals surface area contributed by atoms with Crippen LogP contribution in [0.15, 0.2) is 33.7 Å². The predicted molar refractivity (Wildman–Crippen MR) is 108 cm³/mol. The van der Waals surface area contributed by atoms with Crippen molar-refractivity contribution < 1.29 is 4.42 Å². The van der Waals surface area contributed by atoms with E-state index in [0.29, 0.717) is 13.1 Å². The summed E-state index contributed by atoms with van der Waals surface area (Å²) >= 11 is 0. The molecule has 2 N–H and O–H groups in total. The molecular weight excluding hydrogens is 340 g/mol. The number of nitrogens with one attached hydrogen (secondary N) is 2. The number of hydrogen-bond donors (Lipinski definition) is 2. The first-order valence-electron chi connectivity index (χ1n) is 9.44. The lowest BCUT2D eigenvalue weighted by molar-refractivity contribution is 0.534. The summed E-state index contributed by atoms with van der Waals surface area (Å²) in [5.74, 6) is 3.40. The number of benzene rings is 1. The lowest BCUT2D eigenvalue weighted by Gasteiger charge is -2.12. The summed E-state index contributed by atoms with van der Waals surface area (Å²) in [7, 11) is 1.95. The number of unbranched alkanes of at least 4 members (excludes halogenated alkanes) is 1. The monoisotopic (exact) mass is 368 g/mol. The Hall–Kier alpha value is -2.83. The zero-order valence-corrected chi connectivity index (χ0v) is 16.5. The molecule has 3 rings (SSSR count). The van der Waals surface area contributed by atoms with Crippen molar-refractivity contribution in [3.8, 4) is 0 Å². The van der Waals surface area contributed by atoms with Crippen molar-refractivity contribution in [3.05, 3.63) is 47.2 Å². The maximum atomic E-state index is 5.99. The summed E-state index contributed by atoms with van der Waals surface area (Å²) in [6.45, 7) is 8.12. The van der Waals surface area contributed by atoms with E-state index in [4.69, 9.17) is 4.42 Å². The Balaban J connectivity index is 1.71. The standard InChI is InChI=1S/C20H28N6O/c1-5-6-11-21-20(23-13-19-25-24-15(3)26(19)4)22-12-18-14(2)16-9-7-8-10-17(16)27-18/h7-10H,5-6,11-13H2,1-4H3,(H2,21,22,23). The molecule has 0 bridgehead atoms. The highest BCUT2D eigenvalue weighted by Gasteiger charge is 2.11. The number of aromatic nitrogens is 3. The van der Waals surface area contributed by atoms with Crippen molar-refractivity contribution >= 4 is 16.9 Å². The van der Waals surface area contributed by atoms with Crippen LogP contribution in [-0.2, 0) is 20.1 Å². The second kappa shape index (κ2) is 8.70. The molecule has 0 unspecified atom stereocenters. The Morgan fingerprint density at radius 2 is 2.00 bits per heavy atom. The number of aliphatic imine (C=N–C) groups is 1. The molecule has 2 aromatic heterocycles. The van der Waals surface area contributed by atoms with Crippen molar-refractivity contribution in [2.75, 3.05) is 6.54 Å². The van der Waals surface area contributed by atoms with E-state index in [2.05, 4.69) is 45.7 Å². The molecule has 1 aromatic carbocycles. The van der Waals surface area contributed by atoms with E-state index in [0.717, 1.165) is 59.3 Å². The number of nitrogens with zero attached hydrogens (tertiary/aromatic N) is 4. The van der Waals surface area contributed by atoms with Gasteiger partial charge in [-0.1, -0.05) is 31.5 Å². The quantitative estimate of drug-likeness (QED) is 0.380. The van der Waals surface area contributed by atoms with Crippen LogP contribution in [0.2, 0.25) is 0 Å². The van der Waals surface area contributed by atoms with Crippen molar-refractivity contribution in [2.45, 2.75) is 46.7 Å². The molecule has 0 saturated carbocycles. The molecule has 0 atom stereocenters. The lowest BCUT2D eigenvalue weighted by atomic mass is 10.1.